The normalized spacial score (nSPS) is 20.4. The summed E-state index contributed by atoms with van der Waals surface area (Å²) in [6.07, 6.45) is 8.40. The van der Waals surface area contributed by atoms with Crippen LogP contribution in [-0.4, -0.2) is 52.4 Å². The molecule has 2 aromatic rings. The summed E-state index contributed by atoms with van der Waals surface area (Å²) in [5.74, 6) is 1.19. The SMILES string of the molecule is Cn1ccnc1CN1CCCC(c2[nH]ncc2S(C)(=O)=O)C1. The molecule has 1 unspecified atom stereocenters. The molecule has 7 nitrogen and oxygen atoms in total. The first kappa shape index (κ1) is 15.2. The molecule has 3 rings (SSSR count). The predicted octanol–water partition coefficient (Wildman–Crippen LogP) is 0.926. The molecule has 0 amide bonds. The van der Waals surface area contributed by atoms with Gasteiger partial charge in [0.15, 0.2) is 9.84 Å². The van der Waals surface area contributed by atoms with E-state index in [1.54, 1.807) is 6.20 Å². The minimum absolute atomic E-state index is 0.168. The number of rotatable bonds is 4. The van der Waals surface area contributed by atoms with Crippen LogP contribution in [0.4, 0.5) is 0 Å². The highest BCUT2D eigenvalue weighted by Gasteiger charge is 2.28. The molecule has 0 saturated carbocycles. The van der Waals surface area contributed by atoms with E-state index in [-0.39, 0.29) is 5.92 Å². The second-order valence-electron chi connectivity index (χ2n) is 5.95. The zero-order valence-corrected chi connectivity index (χ0v) is 13.7. The van der Waals surface area contributed by atoms with Crippen LogP contribution < -0.4 is 0 Å². The molecule has 8 heteroatoms. The van der Waals surface area contributed by atoms with E-state index in [1.807, 2.05) is 17.8 Å². The van der Waals surface area contributed by atoms with E-state index in [2.05, 4.69) is 20.1 Å². The molecule has 3 heterocycles. The minimum Gasteiger partial charge on any atom is -0.337 e. The lowest BCUT2D eigenvalue weighted by Gasteiger charge is -2.32. The van der Waals surface area contributed by atoms with Gasteiger partial charge in [0.05, 0.1) is 18.4 Å². The van der Waals surface area contributed by atoms with Gasteiger partial charge in [-0.05, 0) is 19.4 Å². The molecule has 1 fully saturated rings. The molecule has 120 valence electrons. The Hall–Kier alpha value is -1.67. The van der Waals surface area contributed by atoms with Crippen molar-refractivity contribution >= 4 is 9.84 Å². The fourth-order valence-corrected chi connectivity index (χ4v) is 3.91. The van der Waals surface area contributed by atoms with E-state index >= 15 is 0 Å². The van der Waals surface area contributed by atoms with Gasteiger partial charge in [0, 0.05) is 38.2 Å². The Morgan fingerprint density at radius 3 is 2.95 bits per heavy atom. The molecular weight excluding hydrogens is 302 g/mol. The zero-order valence-electron chi connectivity index (χ0n) is 12.9. The first-order chi connectivity index (χ1) is 10.4. The monoisotopic (exact) mass is 323 g/mol. The van der Waals surface area contributed by atoms with Crippen molar-refractivity contribution in [1.82, 2.24) is 24.6 Å². The van der Waals surface area contributed by atoms with Crippen LogP contribution in [0.1, 0.15) is 30.3 Å². The van der Waals surface area contributed by atoms with Gasteiger partial charge < -0.3 is 4.57 Å². The van der Waals surface area contributed by atoms with Crippen molar-refractivity contribution in [3.8, 4) is 0 Å². The van der Waals surface area contributed by atoms with E-state index in [9.17, 15) is 8.42 Å². The van der Waals surface area contributed by atoms with Gasteiger partial charge >= 0.3 is 0 Å². The van der Waals surface area contributed by atoms with Crippen LogP contribution in [0.25, 0.3) is 0 Å². The summed E-state index contributed by atoms with van der Waals surface area (Å²) in [5.41, 5.74) is 0.743. The number of likely N-dealkylation sites (tertiary alicyclic amines) is 1. The lowest BCUT2D eigenvalue weighted by Crippen LogP contribution is -2.35. The number of aromatic amines is 1. The van der Waals surface area contributed by atoms with Crippen molar-refractivity contribution in [3.63, 3.8) is 0 Å². The second-order valence-corrected chi connectivity index (χ2v) is 7.93. The topological polar surface area (TPSA) is 83.9 Å². The summed E-state index contributed by atoms with van der Waals surface area (Å²) in [7, 11) is -1.26. The first-order valence-corrected chi connectivity index (χ1v) is 9.26. The highest BCUT2D eigenvalue weighted by atomic mass is 32.2. The maximum Gasteiger partial charge on any atom is 0.178 e. The molecule has 1 saturated heterocycles. The van der Waals surface area contributed by atoms with Crippen LogP contribution in [0.2, 0.25) is 0 Å². The van der Waals surface area contributed by atoms with Crippen molar-refractivity contribution in [2.75, 3.05) is 19.3 Å². The van der Waals surface area contributed by atoms with E-state index in [4.69, 9.17) is 0 Å². The molecule has 0 aromatic carbocycles. The number of nitrogens with zero attached hydrogens (tertiary/aromatic N) is 4. The maximum absolute atomic E-state index is 11.9. The van der Waals surface area contributed by atoms with Gasteiger partial charge in [-0.2, -0.15) is 5.10 Å². The molecule has 0 radical (unpaired) electrons. The van der Waals surface area contributed by atoms with Crippen molar-refractivity contribution in [2.24, 2.45) is 7.05 Å². The summed E-state index contributed by atoms with van der Waals surface area (Å²) in [5, 5.41) is 6.84. The average molecular weight is 323 g/mol. The summed E-state index contributed by atoms with van der Waals surface area (Å²) < 4.78 is 25.7. The number of hydrogen-bond donors (Lipinski definition) is 1. The van der Waals surface area contributed by atoms with Crippen molar-refractivity contribution in [2.45, 2.75) is 30.2 Å². The number of imidazole rings is 1. The first-order valence-electron chi connectivity index (χ1n) is 7.37. The fourth-order valence-electron chi connectivity index (χ4n) is 3.06. The van der Waals surface area contributed by atoms with Gasteiger partial charge in [0.25, 0.3) is 0 Å². The largest absolute Gasteiger partial charge is 0.337 e. The van der Waals surface area contributed by atoms with E-state index in [0.29, 0.717) is 4.90 Å². The number of aromatic nitrogens is 4. The number of hydrogen-bond acceptors (Lipinski definition) is 5. The van der Waals surface area contributed by atoms with Crippen LogP contribution in [-0.2, 0) is 23.4 Å². The summed E-state index contributed by atoms with van der Waals surface area (Å²) >= 11 is 0. The van der Waals surface area contributed by atoms with Crippen LogP contribution in [0.5, 0.6) is 0 Å². The van der Waals surface area contributed by atoms with Crippen LogP contribution in [0.15, 0.2) is 23.5 Å². The Bertz CT molecular complexity index is 749. The number of sulfone groups is 1. The average Bonchev–Trinajstić information content (AvgIpc) is 3.08. The lowest BCUT2D eigenvalue weighted by atomic mass is 9.95. The highest BCUT2D eigenvalue weighted by Crippen LogP contribution is 2.30. The molecule has 0 spiro atoms. The smallest absolute Gasteiger partial charge is 0.178 e. The quantitative estimate of drug-likeness (QED) is 0.905. The molecule has 0 bridgehead atoms. The van der Waals surface area contributed by atoms with Gasteiger partial charge in [-0.1, -0.05) is 0 Å². The van der Waals surface area contributed by atoms with Gasteiger partial charge in [-0.15, -0.1) is 0 Å². The second kappa shape index (κ2) is 5.85. The molecule has 1 aliphatic heterocycles. The van der Waals surface area contributed by atoms with Gasteiger partial charge in [0.1, 0.15) is 10.7 Å². The third kappa shape index (κ3) is 3.07. The van der Waals surface area contributed by atoms with Crippen molar-refractivity contribution in [1.29, 1.82) is 0 Å². The molecular formula is C14H21N5O2S. The Morgan fingerprint density at radius 2 is 2.27 bits per heavy atom. The lowest BCUT2D eigenvalue weighted by molar-refractivity contribution is 0.191. The Kier molecular flexibility index (Phi) is 4.05. The summed E-state index contributed by atoms with van der Waals surface area (Å²) in [4.78, 5) is 7.01. The summed E-state index contributed by atoms with van der Waals surface area (Å²) in [6.45, 7) is 2.60. The summed E-state index contributed by atoms with van der Waals surface area (Å²) in [6, 6.07) is 0. The van der Waals surface area contributed by atoms with Gasteiger partial charge in [-0.3, -0.25) is 10.00 Å². The Labute approximate surface area is 130 Å². The van der Waals surface area contributed by atoms with Crippen LogP contribution >= 0.6 is 0 Å². The fraction of sp³-hybridized carbons (Fsp3) is 0.571. The molecule has 1 atom stereocenters. The minimum atomic E-state index is -3.24. The Morgan fingerprint density at radius 1 is 1.45 bits per heavy atom. The number of aryl methyl sites for hydroxylation is 1. The third-order valence-electron chi connectivity index (χ3n) is 4.23. The third-order valence-corrected chi connectivity index (χ3v) is 5.36. The molecule has 22 heavy (non-hydrogen) atoms. The predicted molar refractivity (Wildman–Crippen MR) is 82.2 cm³/mol. The molecule has 1 aliphatic rings. The standard InChI is InChI=1S/C14H21N5O2S/c1-18-7-5-15-13(18)10-19-6-3-4-11(9-19)14-12(8-16-17-14)22(2,20)21/h5,7-8,11H,3-4,6,9-10H2,1-2H3,(H,16,17). The highest BCUT2D eigenvalue weighted by molar-refractivity contribution is 7.90. The van der Waals surface area contributed by atoms with Crippen LogP contribution in [0, 0.1) is 0 Å². The Balaban J connectivity index is 1.76. The number of piperidine rings is 1. The zero-order chi connectivity index (χ0) is 15.7. The van der Waals surface area contributed by atoms with Gasteiger partial charge in [0.2, 0.25) is 0 Å². The van der Waals surface area contributed by atoms with E-state index < -0.39 is 9.84 Å². The van der Waals surface area contributed by atoms with Gasteiger partial charge in [-0.25, -0.2) is 13.4 Å². The van der Waals surface area contributed by atoms with Crippen molar-refractivity contribution in [3.05, 3.63) is 30.1 Å². The molecule has 2 aromatic heterocycles. The number of H-pyrrole nitrogens is 1. The maximum atomic E-state index is 11.9. The van der Waals surface area contributed by atoms with E-state index in [0.717, 1.165) is 44.0 Å². The number of nitrogens with one attached hydrogen (secondary N) is 1. The van der Waals surface area contributed by atoms with Crippen molar-refractivity contribution < 1.29 is 8.42 Å². The molecule has 0 aliphatic carbocycles. The van der Waals surface area contributed by atoms with Crippen LogP contribution in [0.3, 0.4) is 0 Å². The molecule has 1 N–H and O–H groups in total. The van der Waals surface area contributed by atoms with E-state index in [1.165, 1.54) is 12.5 Å².